The molecule has 0 N–H and O–H groups in total. The molecule has 0 aliphatic carbocycles. The molecule has 6 heteroatoms. The Hall–Kier alpha value is -12.2. The third-order valence-electron chi connectivity index (χ3n) is 24.3. The summed E-state index contributed by atoms with van der Waals surface area (Å²) in [6.07, 6.45) is 0. The maximum Gasteiger partial charge on any atom is 0.252 e. The Labute approximate surface area is 687 Å². The summed E-state index contributed by atoms with van der Waals surface area (Å²) < 4.78 is 50.9. The van der Waals surface area contributed by atoms with Gasteiger partial charge in [0.25, 0.3) is 6.71 Å². The molecule has 2 aliphatic rings. The van der Waals surface area contributed by atoms with Crippen LogP contribution < -0.4 is 26.2 Å². The minimum absolute atomic E-state index is 0.126. The second-order valence-corrected chi connectivity index (χ2v) is 38.3. The predicted molar refractivity (Wildman–Crippen MR) is 493 cm³/mol. The Morgan fingerprint density at radius 2 is 0.696 bits per heavy atom. The van der Waals surface area contributed by atoms with Crippen LogP contribution in [0.1, 0.15) is 170 Å². The van der Waals surface area contributed by atoms with E-state index in [0.717, 1.165) is 144 Å². The Bertz CT molecular complexity index is 6790. The normalized spacial score (nSPS) is 13.9. The van der Waals surface area contributed by atoms with Crippen molar-refractivity contribution < 1.29 is 6.85 Å². The summed E-state index contributed by atoms with van der Waals surface area (Å²) in [6.45, 7) is 41.0. The molecule has 0 unspecified atom stereocenters. The number of nitriles is 1. The van der Waals surface area contributed by atoms with Gasteiger partial charge >= 0.3 is 0 Å². The molecule has 0 amide bonds. The summed E-state index contributed by atoms with van der Waals surface area (Å²) in [7, 11) is 0. The fourth-order valence-corrected chi connectivity index (χ4v) is 17.7. The topological polar surface area (TPSA) is 40.1 Å². The highest BCUT2D eigenvalue weighted by Crippen LogP contribution is 2.52. The van der Waals surface area contributed by atoms with Crippen LogP contribution in [0.5, 0.6) is 0 Å². The van der Waals surface area contributed by atoms with Crippen molar-refractivity contribution in [2.45, 2.75) is 157 Å². The van der Waals surface area contributed by atoms with Crippen LogP contribution >= 0.6 is 0 Å². The van der Waals surface area contributed by atoms with Crippen LogP contribution in [-0.2, 0) is 32.5 Å². The first-order chi connectivity index (χ1) is 56.8. The number of benzene rings is 14. The van der Waals surface area contributed by atoms with E-state index in [0.29, 0.717) is 16.7 Å². The predicted octanol–water partition coefficient (Wildman–Crippen LogP) is 28.0. The SMILES string of the molecule is [2H]c1c([2H])c([2H])c(-c2ccccc2-c2cc(-c3ccccc3)cc(N3c4cc(-c5cc(C(C)(C)C)cc(C(C)(C)C)c5)ccc4B4c5ccc(-c6cc(C(C)(C)C)cc(C(C)(C)C)c6)cc5N(c5cc(-n6c7ccccc7c7ccccc76)ccc5C#N)c5cc(-n6c7ccc(C(C)(C)C)cc7c7cc(C(C)(C)C)ccc76)cc3c54)c2)c([2H])c1[2H]. The van der Waals surface area contributed by atoms with Crippen LogP contribution in [0.25, 0.3) is 111 Å². The van der Waals surface area contributed by atoms with Crippen molar-refractivity contribution in [2.75, 3.05) is 9.80 Å². The van der Waals surface area contributed by atoms with Crippen molar-refractivity contribution in [2.24, 2.45) is 0 Å². The van der Waals surface area contributed by atoms with Gasteiger partial charge in [-0.3, -0.25) is 0 Å². The molecule has 0 saturated carbocycles. The molecular formula is C109H102BN5. The zero-order chi connectivity index (χ0) is 84.7. The maximum atomic E-state index is 12.2. The molecule has 0 bridgehead atoms. The van der Waals surface area contributed by atoms with E-state index in [1.54, 1.807) is 0 Å². The maximum absolute atomic E-state index is 12.2. The number of fused-ring (bicyclic) bond motifs is 10. The molecule has 2 aliphatic heterocycles. The molecule has 16 aromatic rings. The van der Waals surface area contributed by atoms with Gasteiger partial charge in [0.1, 0.15) is 6.07 Å². The molecule has 0 atom stereocenters. The van der Waals surface area contributed by atoms with Crippen molar-refractivity contribution in [1.82, 2.24) is 9.13 Å². The first kappa shape index (κ1) is 68.4. The molecule has 0 fully saturated rings. The summed E-state index contributed by atoms with van der Waals surface area (Å²) in [5.41, 5.74) is 29.7. The minimum Gasteiger partial charge on any atom is -0.311 e. The van der Waals surface area contributed by atoms with Crippen molar-refractivity contribution >= 4 is 101 Å². The fraction of sp³-hybridized carbons (Fsp3) is 0.220. The van der Waals surface area contributed by atoms with Crippen LogP contribution in [0, 0.1) is 11.3 Å². The minimum atomic E-state index is -0.446. The molecule has 566 valence electrons. The largest absolute Gasteiger partial charge is 0.311 e. The molecule has 2 aromatic heterocycles. The zero-order valence-corrected chi connectivity index (χ0v) is 69.6. The lowest BCUT2D eigenvalue weighted by atomic mass is 9.33. The molecular weight excluding hydrogens is 1390 g/mol. The molecule has 4 heterocycles. The van der Waals surface area contributed by atoms with Gasteiger partial charge in [-0.25, -0.2) is 0 Å². The van der Waals surface area contributed by atoms with Gasteiger partial charge in [-0.05, 0) is 235 Å². The van der Waals surface area contributed by atoms with Gasteiger partial charge in [0, 0.05) is 55.7 Å². The number of rotatable bonds is 9. The molecule has 14 aromatic carbocycles. The molecule has 0 spiro atoms. The standard InChI is InChI=1S/C109H102BN5/c1-104(2,3)77-44-49-96-90(62-77)91-63-78(105(4,5)6)45-50-97(91)113(96)85-65-101-103-102(66-85)115(98-64-83(46-41-72(98)67-111)112-94-39-29-27-37-88(94)89-38-28-30-40-95(89)112)100-59-71(75-54-81(108(13,14)15)61-82(55-75)109(16,17)18)43-48-93(100)110(103)92-47-42-70(74-52-79(106(7,8)9)60-80(53-74)107(10,11)12)58-99(92)114(101)84-56-73(68-31-21-19-22-32-68)51-76(57-84)87-36-26-25-35-86(87)69-33-23-20-24-34-69/h19-66H,1-18H3/i20D,23D,24D,33D,34D. The van der Waals surface area contributed by atoms with Gasteiger partial charge in [-0.15, -0.1) is 0 Å². The lowest BCUT2D eigenvalue weighted by Crippen LogP contribution is -2.61. The number of para-hydroxylation sites is 2. The van der Waals surface area contributed by atoms with Gasteiger partial charge in [-0.2, -0.15) is 5.26 Å². The lowest BCUT2D eigenvalue weighted by Gasteiger charge is -2.45. The Balaban J connectivity index is 1.03. The fourth-order valence-electron chi connectivity index (χ4n) is 17.7. The second kappa shape index (κ2) is 27.0. The van der Waals surface area contributed by atoms with Gasteiger partial charge in [-0.1, -0.05) is 319 Å². The summed E-state index contributed by atoms with van der Waals surface area (Å²) >= 11 is 0. The van der Waals surface area contributed by atoms with Crippen LogP contribution in [0.4, 0.5) is 34.1 Å². The van der Waals surface area contributed by atoms with E-state index in [9.17, 15) is 8.00 Å². The van der Waals surface area contributed by atoms with Crippen molar-refractivity contribution in [3.05, 3.63) is 330 Å². The molecule has 0 saturated heterocycles. The quantitative estimate of drug-likeness (QED) is 0.135. The first-order valence-electron chi connectivity index (χ1n) is 43.2. The first-order valence-corrected chi connectivity index (χ1v) is 40.7. The summed E-state index contributed by atoms with van der Waals surface area (Å²) in [4.78, 5) is 4.95. The third kappa shape index (κ3) is 13.0. The van der Waals surface area contributed by atoms with E-state index in [1.807, 2.05) is 36.4 Å². The van der Waals surface area contributed by atoms with E-state index >= 15 is 0 Å². The number of hydrogen-bond donors (Lipinski definition) is 0. The number of aromatic nitrogens is 2. The van der Waals surface area contributed by atoms with E-state index in [-0.39, 0.29) is 50.1 Å². The number of hydrogen-bond acceptors (Lipinski definition) is 3. The summed E-state index contributed by atoms with van der Waals surface area (Å²) in [5.74, 6) is 0. The highest BCUT2D eigenvalue weighted by atomic mass is 15.2. The Morgan fingerprint density at radius 1 is 0.278 bits per heavy atom. The highest BCUT2D eigenvalue weighted by Gasteiger charge is 2.45. The number of anilines is 6. The average Bonchev–Trinajstić information content (AvgIpc) is 0.813. The van der Waals surface area contributed by atoms with E-state index < -0.39 is 24.8 Å². The molecule has 115 heavy (non-hydrogen) atoms. The third-order valence-corrected chi connectivity index (χ3v) is 24.3. The average molecular weight is 1500 g/mol. The van der Waals surface area contributed by atoms with Gasteiger partial charge < -0.3 is 18.9 Å². The van der Waals surface area contributed by atoms with E-state index in [2.05, 4.69) is 374 Å². The second-order valence-electron chi connectivity index (χ2n) is 38.3. The number of nitrogens with zero attached hydrogens (tertiary/aromatic N) is 5. The Morgan fingerprint density at radius 3 is 1.19 bits per heavy atom. The summed E-state index contributed by atoms with van der Waals surface area (Å²) in [5, 5.41) is 16.8. The zero-order valence-electron chi connectivity index (χ0n) is 74.6. The van der Waals surface area contributed by atoms with Gasteiger partial charge in [0.2, 0.25) is 0 Å². The smallest absolute Gasteiger partial charge is 0.252 e. The molecule has 18 rings (SSSR count). The van der Waals surface area contributed by atoms with Crippen LogP contribution in [-0.4, -0.2) is 15.8 Å². The molecule has 0 radical (unpaired) electrons. The Kier molecular flexibility index (Phi) is 16.1. The van der Waals surface area contributed by atoms with Gasteiger partial charge in [0.05, 0.1) is 45.9 Å². The van der Waals surface area contributed by atoms with Crippen LogP contribution in [0.3, 0.4) is 0 Å². The summed E-state index contributed by atoms with van der Waals surface area (Å²) in [6, 6.07) is 97.4. The monoisotopic (exact) mass is 1500 g/mol. The van der Waals surface area contributed by atoms with E-state index in [1.165, 1.54) is 33.4 Å². The molecule has 5 nitrogen and oxygen atoms in total. The van der Waals surface area contributed by atoms with Crippen LogP contribution in [0.15, 0.2) is 291 Å². The van der Waals surface area contributed by atoms with Crippen molar-refractivity contribution in [3.8, 4) is 73.1 Å². The van der Waals surface area contributed by atoms with E-state index in [4.69, 9.17) is 4.11 Å². The van der Waals surface area contributed by atoms with Crippen molar-refractivity contribution in [1.29, 1.82) is 5.26 Å². The van der Waals surface area contributed by atoms with Crippen molar-refractivity contribution in [3.63, 3.8) is 0 Å². The highest BCUT2D eigenvalue weighted by molar-refractivity contribution is 7.00. The van der Waals surface area contributed by atoms with Gasteiger partial charge in [0.15, 0.2) is 0 Å². The van der Waals surface area contributed by atoms with Crippen LogP contribution in [0.2, 0.25) is 0 Å². The lowest BCUT2D eigenvalue weighted by molar-refractivity contribution is 0.568.